The molecule has 0 aliphatic heterocycles. The molecule has 136 valence electrons. The van der Waals surface area contributed by atoms with E-state index in [-0.39, 0.29) is 6.61 Å². The number of allylic oxidation sites excluding steroid dienone is 1. The van der Waals surface area contributed by atoms with Crippen LogP contribution in [0.2, 0.25) is 0 Å². The first-order valence-electron chi connectivity index (χ1n) is 8.44. The Balaban J connectivity index is 4.62. The summed E-state index contributed by atoms with van der Waals surface area (Å²) >= 11 is 0. The third kappa shape index (κ3) is 10.7. The van der Waals surface area contributed by atoms with Gasteiger partial charge >= 0.3 is 13.8 Å². The lowest BCUT2D eigenvalue weighted by molar-refractivity contribution is -0.219. The predicted molar refractivity (Wildman–Crippen MR) is 89.6 cm³/mol. The maximum Gasteiger partial charge on any atom is 0.508 e. The van der Waals surface area contributed by atoms with E-state index in [9.17, 15) is 14.3 Å². The van der Waals surface area contributed by atoms with Crippen molar-refractivity contribution in [2.75, 3.05) is 6.61 Å². The van der Waals surface area contributed by atoms with E-state index in [1.165, 1.54) is 0 Å². The molecule has 1 N–H and O–H groups in total. The zero-order chi connectivity index (χ0) is 17.7. The zero-order valence-corrected chi connectivity index (χ0v) is 15.7. The molecule has 0 saturated heterocycles. The summed E-state index contributed by atoms with van der Waals surface area (Å²) in [5.74, 6) is -0.736. The molecule has 0 aromatic carbocycles. The minimum absolute atomic E-state index is 0.0783. The Morgan fingerprint density at radius 3 is 2.00 bits per heavy atom. The number of phosphoric acid groups is 1. The van der Waals surface area contributed by atoms with E-state index in [1.807, 2.05) is 6.92 Å². The molecule has 0 spiro atoms. The molecule has 0 radical (unpaired) electrons. The van der Waals surface area contributed by atoms with Crippen LogP contribution in [0, 0.1) is 0 Å². The summed E-state index contributed by atoms with van der Waals surface area (Å²) in [5.41, 5.74) is 1.46. The molecular weight excluding hydrogens is 319 g/mol. The number of carbonyl (C=O) groups excluding carboxylic acids is 1. The van der Waals surface area contributed by atoms with Crippen LogP contribution in [0.25, 0.3) is 0 Å². The molecule has 0 amide bonds. The molecule has 0 aliphatic rings. The maximum atomic E-state index is 12.0. The highest BCUT2D eigenvalue weighted by atomic mass is 31.2. The number of unbranched alkanes of at least 4 members (excludes halogenated alkanes) is 3. The van der Waals surface area contributed by atoms with Crippen LogP contribution >= 0.6 is 7.82 Å². The average Bonchev–Trinajstić information content (AvgIpc) is 2.52. The van der Waals surface area contributed by atoms with E-state index < -0.39 is 13.8 Å². The normalized spacial score (nSPS) is 13.4. The van der Waals surface area contributed by atoms with E-state index in [0.717, 1.165) is 50.5 Å². The first kappa shape index (κ1) is 22.3. The summed E-state index contributed by atoms with van der Waals surface area (Å²) in [7, 11) is -4.35. The quantitative estimate of drug-likeness (QED) is 0.164. The molecule has 0 aliphatic carbocycles. The monoisotopic (exact) mass is 350 g/mol. The van der Waals surface area contributed by atoms with E-state index >= 15 is 0 Å². The van der Waals surface area contributed by atoms with Crippen LogP contribution in [0.5, 0.6) is 0 Å². The lowest BCUT2D eigenvalue weighted by Crippen LogP contribution is -2.09. The third-order valence-corrected chi connectivity index (χ3v) is 4.23. The van der Waals surface area contributed by atoms with Gasteiger partial charge in [0.2, 0.25) is 0 Å². The second-order valence-electron chi connectivity index (χ2n) is 5.54. The molecule has 1 atom stereocenters. The van der Waals surface area contributed by atoms with E-state index in [1.54, 1.807) is 6.92 Å². The molecule has 6 nitrogen and oxygen atoms in total. The highest BCUT2D eigenvalue weighted by Crippen LogP contribution is 2.43. The second-order valence-corrected chi connectivity index (χ2v) is 6.88. The number of hydrogen-bond donors (Lipinski definition) is 1. The lowest BCUT2D eigenvalue weighted by Gasteiger charge is -2.13. The van der Waals surface area contributed by atoms with Crippen LogP contribution in [-0.4, -0.2) is 17.5 Å². The van der Waals surface area contributed by atoms with Gasteiger partial charge in [0.15, 0.2) is 0 Å². The molecule has 0 bridgehead atoms. The summed E-state index contributed by atoms with van der Waals surface area (Å²) in [6.07, 6.45) is 7.13. The number of phosphoric ester groups is 1. The fourth-order valence-electron chi connectivity index (χ4n) is 1.91. The predicted octanol–water partition coefficient (Wildman–Crippen LogP) is 5.08. The Morgan fingerprint density at radius 1 is 1.00 bits per heavy atom. The van der Waals surface area contributed by atoms with Crippen molar-refractivity contribution in [1.29, 1.82) is 0 Å². The topological polar surface area (TPSA) is 82.1 Å². The van der Waals surface area contributed by atoms with Gasteiger partial charge in [0.05, 0.1) is 6.61 Å². The highest BCUT2D eigenvalue weighted by molar-refractivity contribution is 7.47. The van der Waals surface area contributed by atoms with Gasteiger partial charge in [-0.25, -0.2) is 9.36 Å². The molecule has 0 rings (SSSR count). The van der Waals surface area contributed by atoms with Crippen LogP contribution < -0.4 is 0 Å². The van der Waals surface area contributed by atoms with Gasteiger partial charge in [0.1, 0.15) is 0 Å². The van der Waals surface area contributed by atoms with Crippen molar-refractivity contribution < 1.29 is 28.3 Å². The number of carbonyl (C=O) groups is 1. The van der Waals surface area contributed by atoms with Gasteiger partial charge in [-0.15, -0.1) is 0 Å². The summed E-state index contributed by atoms with van der Waals surface area (Å²) in [4.78, 5) is 25.9. The molecule has 0 heterocycles. The minimum atomic E-state index is -4.35. The summed E-state index contributed by atoms with van der Waals surface area (Å²) in [5, 5.41) is 0. The fraction of sp³-hybridized carbons (Fsp3) is 0.812. The molecular formula is C16H31O6P. The van der Waals surface area contributed by atoms with Crippen molar-refractivity contribution in [1.82, 2.24) is 0 Å². The van der Waals surface area contributed by atoms with Crippen molar-refractivity contribution in [2.24, 2.45) is 0 Å². The molecule has 0 saturated carbocycles. The average molecular weight is 350 g/mol. The first-order chi connectivity index (χ1) is 10.9. The summed E-state index contributed by atoms with van der Waals surface area (Å²) in [6.45, 7) is 7.84. The van der Waals surface area contributed by atoms with Crippen LogP contribution in [0.1, 0.15) is 79.1 Å². The van der Waals surface area contributed by atoms with Crippen molar-refractivity contribution in [3.63, 3.8) is 0 Å². The van der Waals surface area contributed by atoms with Gasteiger partial charge < -0.3 is 4.89 Å². The maximum absolute atomic E-state index is 12.0. The van der Waals surface area contributed by atoms with Crippen LogP contribution in [-0.2, 0) is 23.4 Å². The van der Waals surface area contributed by atoms with Crippen molar-refractivity contribution in [3.8, 4) is 0 Å². The molecule has 7 heteroatoms. The summed E-state index contributed by atoms with van der Waals surface area (Å²) in [6, 6.07) is 0. The lowest BCUT2D eigenvalue weighted by atomic mass is 9.98. The minimum Gasteiger partial charge on any atom is -0.300 e. The SMILES string of the molecule is CCCCOP(=O)(O)OOC(=O)C(C)=C(CCCC)CCCC. The first-order valence-corrected chi connectivity index (χ1v) is 9.94. The van der Waals surface area contributed by atoms with Gasteiger partial charge in [-0.3, -0.25) is 9.41 Å². The second kappa shape index (κ2) is 12.7. The third-order valence-electron chi connectivity index (χ3n) is 3.46. The van der Waals surface area contributed by atoms with E-state index in [0.29, 0.717) is 12.0 Å². The number of hydrogen-bond acceptors (Lipinski definition) is 5. The van der Waals surface area contributed by atoms with E-state index in [4.69, 9.17) is 0 Å². The Labute approximate surface area is 139 Å². The van der Waals surface area contributed by atoms with Gasteiger partial charge in [-0.1, -0.05) is 50.3 Å². The largest absolute Gasteiger partial charge is 0.508 e. The molecule has 23 heavy (non-hydrogen) atoms. The highest BCUT2D eigenvalue weighted by Gasteiger charge is 2.25. The van der Waals surface area contributed by atoms with Gasteiger partial charge in [0, 0.05) is 5.57 Å². The van der Waals surface area contributed by atoms with Gasteiger partial charge in [-0.2, -0.15) is 0 Å². The molecule has 0 fully saturated rings. The zero-order valence-electron chi connectivity index (χ0n) is 14.8. The molecule has 0 aromatic rings. The Morgan fingerprint density at radius 2 is 1.52 bits per heavy atom. The Hall–Kier alpha value is -0.680. The smallest absolute Gasteiger partial charge is 0.300 e. The van der Waals surface area contributed by atoms with Gasteiger partial charge in [-0.05, 0) is 39.0 Å². The molecule has 0 aromatic heterocycles. The van der Waals surface area contributed by atoms with Gasteiger partial charge in [0.25, 0.3) is 0 Å². The van der Waals surface area contributed by atoms with Crippen LogP contribution in [0.15, 0.2) is 11.1 Å². The van der Waals surface area contributed by atoms with Crippen molar-refractivity contribution in [2.45, 2.75) is 79.1 Å². The van der Waals surface area contributed by atoms with Crippen LogP contribution in [0.3, 0.4) is 0 Å². The number of rotatable bonds is 13. The Kier molecular flexibility index (Phi) is 12.3. The Bertz CT molecular complexity index is 409. The summed E-state index contributed by atoms with van der Waals surface area (Å²) < 4.78 is 20.6. The van der Waals surface area contributed by atoms with Crippen molar-refractivity contribution >= 4 is 13.8 Å². The fourth-order valence-corrected chi connectivity index (χ4v) is 2.48. The standard InChI is InChI=1S/C16H31O6P/c1-5-8-11-15(12-9-6-2)14(4)16(17)21-22-23(18,19)20-13-10-7-3/h5-13H2,1-4H3,(H,18,19). The van der Waals surface area contributed by atoms with Crippen molar-refractivity contribution in [3.05, 3.63) is 11.1 Å². The van der Waals surface area contributed by atoms with Crippen LogP contribution in [0.4, 0.5) is 0 Å². The molecule has 1 unspecified atom stereocenters. The van der Waals surface area contributed by atoms with E-state index in [2.05, 4.69) is 27.9 Å².